The number of hydrogen-bond donors (Lipinski definition) is 2. The fraction of sp³-hybridized carbons (Fsp3) is 0.462. The van der Waals surface area contributed by atoms with Gasteiger partial charge in [0.15, 0.2) is 0 Å². The maximum atomic E-state index is 12.1. The summed E-state index contributed by atoms with van der Waals surface area (Å²) in [6.45, 7) is 1.50. The van der Waals surface area contributed by atoms with Gasteiger partial charge in [0.25, 0.3) is 5.91 Å². The number of rotatable bonds is 4. The lowest BCUT2D eigenvalue weighted by Gasteiger charge is -2.19. The van der Waals surface area contributed by atoms with Gasteiger partial charge in [-0.15, -0.1) is 0 Å². The van der Waals surface area contributed by atoms with Crippen LogP contribution in [0.25, 0.3) is 0 Å². The van der Waals surface area contributed by atoms with Crippen molar-refractivity contribution in [3.8, 4) is 0 Å². The van der Waals surface area contributed by atoms with E-state index in [9.17, 15) is 14.9 Å². The molecule has 108 valence electrons. The van der Waals surface area contributed by atoms with Gasteiger partial charge >= 0.3 is 5.69 Å². The number of carbonyl (C=O) groups excluding carboxylic acids is 1. The number of likely N-dealkylation sites (tertiary alicyclic amines) is 1. The second kappa shape index (κ2) is 5.87. The number of likely N-dealkylation sites (N-methyl/N-ethyl adjacent to an activating group) is 1. The molecule has 0 radical (unpaired) electrons. The minimum atomic E-state index is -0.619. The number of carbonyl (C=O) groups is 1. The first-order chi connectivity index (χ1) is 9.50. The minimum absolute atomic E-state index is 0.000587. The van der Waals surface area contributed by atoms with E-state index >= 15 is 0 Å². The van der Waals surface area contributed by atoms with Crippen molar-refractivity contribution >= 4 is 17.3 Å². The average Bonchev–Trinajstić information content (AvgIpc) is 2.80. The molecule has 1 aliphatic rings. The summed E-state index contributed by atoms with van der Waals surface area (Å²) in [6.07, 6.45) is 2.13. The number of benzene rings is 1. The van der Waals surface area contributed by atoms with Gasteiger partial charge in [-0.2, -0.15) is 0 Å². The summed E-state index contributed by atoms with van der Waals surface area (Å²) < 4.78 is 0. The van der Waals surface area contributed by atoms with Gasteiger partial charge < -0.3 is 16.0 Å². The van der Waals surface area contributed by atoms with Crippen LogP contribution in [0, 0.1) is 10.1 Å². The highest BCUT2D eigenvalue weighted by atomic mass is 16.6. The van der Waals surface area contributed by atoms with Crippen LogP contribution in [0.3, 0.4) is 0 Å². The molecule has 0 spiro atoms. The number of para-hydroxylation sites is 1. The van der Waals surface area contributed by atoms with Crippen LogP contribution >= 0.6 is 0 Å². The van der Waals surface area contributed by atoms with E-state index in [1.807, 2.05) is 7.05 Å². The maximum absolute atomic E-state index is 12.1. The highest BCUT2D eigenvalue weighted by Crippen LogP contribution is 2.25. The SMILES string of the molecule is CN1CCCC1CNC(=O)c1cccc(N)c1[N+](=O)[O-]. The Morgan fingerprint density at radius 3 is 2.95 bits per heavy atom. The molecule has 0 saturated carbocycles. The number of nitrogen functional groups attached to an aromatic ring is 1. The quantitative estimate of drug-likeness (QED) is 0.486. The molecule has 1 aliphatic heterocycles. The summed E-state index contributed by atoms with van der Waals surface area (Å²) in [4.78, 5) is 24.6. The molecule has 1 atom stereocenters. The van der Waals surface area contributed by atoms with E-state index in [1.165, 1.54) is 12.1 Å². The first-order valence-corrected chi connectivity index (χ1v) is 6.52. The smallest absolute Gasteiger partial charge is 0.304 e. The number of nitrogens with one attached hydrogen (secondary N) is 1. The van der Waals surface area contributed by atoms with E-state index in [4.69, 9.17) is 5.73 Å². The van der Waals surface area contributed by atoms with Gasteiger partial charge in [-0.1, -0.05) is 6.07 Å². The summed E-state index contributed by atoms with van der Waals surface area (Å²) in [7, 11) is 2.01. The topological polar surface area (TPSA) is 102 Å². The molecule has 7 heteroatoms. The van der Waals surface area contributed by atoms with Crippen LogP contribution in [0.15, 0.2) is 18.2 Å². The summed E-state index contributed by atoms with van der Waals surface area (Å²) in [5, 5.41) is 13.8. The lowest BCUT2D eigenvalue weighted by molar-refractivity contribution is -0.384. The fourth-order valence-electron chi connectivity index (χ4n) is 2.49. The standard InChI is InChI=1S/C13H18N4O3/c1-16-7-3-4-9(16)8-15-13(18)10-5-2-6-11(14)12(10)17(19)20/h2,5-6,9H,3-4,7-8,14H2,1H3,(H,15,18). The zero-order valence-electron chi connectivity index (χ0n) is 11.3. The Hall–Kier alpha value is -2.15. The third-order valence-electron chi connectivity index (χ3n) is 3.66. The lowest BCUT2D eigenvalue weighted by Crippen LogP contribution is -2.38. The molecule has 2 rings (SSSR count). The minimum Gasteiger partial charge on any atom is -0.393 e. The van der Waals surface area contributed by atoms with Crippen molar-refractivity contribution in [3.63, 3.8) is 0 Å². The molecule has 1 saturated heterocycles. The largest absolute Gasteiger partial charge is 0.393 e. The van der Waals surface area contributed by atoms with Crippen LogP contribution in [0.4, 0.5) is 11.4 Å². The summed E-state index contributed by atoms with van der Waals surface area (Å²) in [5.41, 5.74) is 5.25. The highest BCUT2D eigenvalue weighted by Gasteiger charge is 2.25. The first-order valence-electron chi connectivity index (χ1n) is 6.52. The molecular formula is C13H18N4O3. The van der Waals surface area contributed by atoms with Gasteiger partial charge in [0, 0.05) is 12.6 Å². The number of nitro benzene ring substituents is 1. The molecule has 0 aliphatic carbocycles. The Morgan fingerprint density at radius 2 is 2.35 bits per heavy atom. The maximum Gasteiger partial charge on any atom is 0.304 e. The summed E-state index contributed by atoms with van der Waals surface area (Å²) in [5.74, 6) is -0.454. The van der Waals surface area contributed by atoms with Crippen molar-refractivity contribution in [1.82, 2.24) is 10.2 Å². The molecule has 0 aromatic heterocycles. The zero-order chi connectivity index (χ0) is 14.7. The van der Waals surface area contributed by atoms with Crippen molar-refractivity contribution in [3.05, 3.63) is 33.9 Å². The molecule has 3 N–H and O–H groups in total. The molecule has 7 nitrogen and oxygen atoms in total. The molecule has 1 aromatic rings. The van der Waals surface area contributed by atoms with Gasteiger partial charge in [0.05, 0.1) is 4.92 Å². The second-order valence-electron chi connectivity index (χ2n) is 4.99. The van der Waals surface area contributed by atoms with Crippen LogP contribution in [0.2, 0.25) is 0 Å². The Kier molecular flexibility index (Phi) is 4.19. The van der Waals surface area contributed by atoms with E-state index in [1.54, 1.807) is 6.07 Å². The van der Waals surface area contributed by atoms with Crippen molar-refractivity contribution in [2.75, 3.05) is 25.9 Å². The molecule has 1 amide bonds. The van der Waals surface area contributed by atoms with Gasteiger partial charge in [-0.05, 0) is 38.6 Å². The average molecular weight is 278 g/mol. The van der Waals surface area contributed by atoms with Gasteiger partial charge in [0.2, 0.25) is 0 Å². The first kappa shape index (κ1) is 14.3. The lowest BCUT2D eigenvalue weighted by atomic mass is 10.1. The van der Waals surface area contributed by atoms with Crippen LogP contribution in [0.5, 0.6) is 0 Å². The van der Waals surface area contributed by atoms with Crippen LogP contribution in [-0.2, 0) is 0 Å². The van der Waals surface area contributed by atoms with Gasteiger partial charge in [-0.3, -0.25) is 14.9 Å². The Morgan fingerprint density at radius 1 is 1.60 bits per heavy atom. The van der Waals surface area contributed by atoms with Gasteiger partial charge in [0.1, 0.15) is 11.3 Å². The molecule has 20 heavy (non-hydrogen) atoms. The van der Waals surface area contributed by atoms with Gasteiger partial charge in [-0.25, -0.2) is 0 Å². The summed E-state index contributed by atoms with van der Waals surface area (Å²) in [6, 6.07) is 4.67. The zero-order valence-corrected chi connectivity index (χ0v) is 11.3. The molecule has 0 bridgehead atoms. The van der Waals surface area contributed by atoms with E-state index in [2.05, 4.69) is 10.2 Å². The third-order valence-corrected chi connectivity index (χ3v) is 3.66. The monoisotopic (exact) mass is 278 g/mol. The molecular weight excluding hydrogens is 260 g/mol. The fourth-order valence-corrected chi connectivity index (χ4v) is 2.49. The molecule has 1 aromatic carbocycles. The second-order valence-corrected chi connectivity index (χ2v) is 4.99. The van der Waals surface area contributed by atoms with E-state index in [-0.39, 0.29) is 16.9 Å². The normalized spacial score (nSPS) is 18.9. The van der Waals surface area contributed by atoms with Crippen LogP contribution in [-0.4, -0.2) is 41.9 Å². The predicted octanol–water partition coefficient (Wildman–Crippen LogP) is 1.00. The number of amides is 1. The molecule has 1 unspecified atom stereocenters. The number of nitrogens with zero attached hydrogens (tertiary/aromatic N) is 2. The Balaban J connectivity index is 2.09. The Bertz CT molecular complexity index is 532. The number of hydrogen-bond acceptors (Lipinski definition) is 5. The van der Waals surface area contributed by atoms with Crippen LogP contribution < -0.4 is 11.1 Å². The summed E-state index contributed by atoms with van der Waals surface area (Å²) >= 11 is 0. The Labute approximate surface area is 116 Å². The number of anilines is 1. The van der Waals surface area contributed by atoms with E-state index in [0.717, 1.165) is 19.4 Å². The van der Waals surface area contributed by atoms with Crippen molar-refractivity contribution in [1.29, 1.82) is 0 Å². The highest BCUT2D eigenvalue weighted by molar-refractivity contribution is 6.00. The number of nitrogens with two attached hydrogens (primary N) is 1. The third kappa shape index (κ3) is 2.88. The van der Waals surface area contributed by atoms with Crippen molar-refractivity contribution < 1.29 is 9.72 Å². The van der Waals surface area contributed by atoms with Crippen LogP contribution in [0.1, 0.15) is 23.2 Å². The van der Waals surface area contributed by atoms with E-state index < -0.39 is 10.8 Å². The van der Waals surface area contributed by atoms with Crippen molar-refractivity contribution in [2.45, 2.75) is 18.9 Å². The molecule has 1 fully saturated rings. The van der Waals surface area contributed by atoms with Crippen molar-refractivity contribution in [2.24, 2.45) is 0 Å². The van der Waals surface area contributed by atoms with E-state index in [0.29, 0.717) is 12.6 Å². The predicted molar refractivity (Wildman–Crippen MR) is 75.5 cm³/mol. The molecule has 1 heterocycles. The number of nitro groups is 1.